The molecule has 1 heterocycles. The summed E-state index contributed by atoms with van der Waals surface area (Å²) in [5.41, 5.74) is 2.91. The van der Waals surface area contributed by atoms with E-state index in [0.717, 1.165) is 21.6 Å². The highest BCUT2D eigenvalue weighted by Gasteiger charge is 2.25. The van der Waals surface area contributed by atoms with Gasteiger partial charge < -0.3 is 5.32 Å². The van der Waals surface area contributed by atoms with Crippen LogP contribution in [-0.4, -0.2) is 33.2 Å². The molecule has 0 fully saturated rings. The third-order valence-electron chi connectivity index (χ3n) is 5.42. The molecule has 1 amide bonds. The van der Waals surface area contributed by atoms with Crippen molar-refractivity contribution in [3.05, 3.63) is 76.5 Å². The SMILES string of the molecule is CC(C)CC(N[C@@H](c1ccc(-c2ccc(S(C)(=O)=O)cc2)cc1)c1cccs1)C(=O)NCC#N. The molecule has 2 aromatic carbocycles. The van der Waals surface area contributed by atoms with Crippen LogP contribution in [0.5, 0.6) is 0 Å². The molecule has 0 aliphatic heterocycles. The summed E-state index contributed by atoms with van der Waals surface area (Å²) in [5.74, 6) is 0.117. The van der Waals surface area contributed by atoms with Crippen LogP contribution in [-0.2, 0) is 14.6 Å². The summed E-state index contributed by atoms with van der Waals surface area (Å²) >= 11 is 1.62. The van der Waals surface area contributed by atoms with Gasteiger partial charge in [0.15, 0.2) is 9.84 Å². The fourth-order valence-corrected chi connectivity index (χ4v) is 5.18. The lowest BCUT2D eigenvalue weighted by molar-refractivity contribution is -0.123. The van der Waals surface area contributed by atoms with Crippen LogP contribution < -0.4 is 10.6 Å². The third kappa shape index (κ3) is 6.76. The number of carbonyl (C=O) groups excluding carboxylic acids is 1. The molecule has 3 rings (SSSR count). The van der Waals surface area contributed by atoms with Gasteiger partial charge in [-0.15, -0.1) is 11.3 Å². The van der Waals surface area contributed by atoms with Gasteiger partial charge in [-0.25, -0.2) is 8.42 Å². The number of rotatable bonds is 10. The molecule has 1 unspecified atom stereocenters. The van der Waals surface area contributed by atoms with Crippen molar-refractivity contribution in [2.75, 3.05) is 12.8 Å². The molecule has 0 spiro atoms. The van der Waals surface area contributed by atoms with Gasteiger partial charge in [0.25, 0.3) is 0 Å². The van der Waals surface area contributed by atoms with Crippen molar-refractivity contribution in [1.82, 2.24) is 10.6 Å². The highest BCUT2D eigenvalue weighted by atomic mass is 32.2. The van der Waals surface area contributed by atoms with Gasteiger partial charge >= 0.3 is 0 Å². The van der Waals surface area contributed by atoms with E-state index in [4.69, 9.17) is 5.26 Å². The van der Waals surface area contributed by atoms with Gasteiger partial charge in [0.05, 0.1) is 23.0 Å². The standard InChI is InChI=1S/C26H29N3O3S2/c1-18(2)17-23(26(30)28-15-14-27)29-25(24-5-4-16-33-24)21-8-6-19(7-9-21)20-10-12-22(13-11-20)34(3,31)32/h4-13,16,18,23,25,29H,15,17H2,1-3H3,(H,28,30)/t23?,25-/m0/s1. The van der Waals surface area contributed by atoms with Crippen LogP contribution in [0.15, 0.2) is 70.9 Å². The molecule has 178 valence electrons. The van der Waals surface area contributed by atoms with Crippen LogP contribution >= 0.6 is 11.3 Å². The van der Waals surface area contributed by atoms with Crippen LogP contribution in [0, 0.1) is 17.2 Å². The first-order valence-electron chi connectivity index (χ1n) is 11.0. The van der Waals surface area contributed by atoms with E-state index in [-0.39, 0.29) is 18.5 Å². The first-order valence-corrected chi connectivity index (χ1v) is 13.8. The normalized spacial score (nSPS) is 13.3. The van der Waals surface area contributed by atoms with Crippen molar-refractivity contribution in [2.45, 2.75) is 37.2 Å². The minimum Gasteiger partial charge on any atom is -0.342 e. The minimum atomic E-state index is -3.24. The number of carbonyl (C=O) groups is 1. The van der Waals surface area contributed by atoms with E-state index in [0.29, 0.717) is 17.2 Å². The Hall–Kier alpha value is -2.99. The molecule has 1 aromatic heterocycles. The fourth-order valence-electron chi connectivity index (χ4n) is 3.73. The quantitative estimate of drug-likeness (QED) is 0.402. The molecule has 0 aliphatic carbocycles. The predicted molar refractivity (Wildman–Crippen MR) is 136 cm³/mol. The van der Waals surface area contributed by atoms with Gasteiger partial charge in [-0.05, 0) is 52.6 Å². The van der Waals surface area contributed by atoms with Crippen molar-refractivity contribution in [3.63, 3.8) is 0 Å². The van der Waals surface area contributed by atoms with E-state index in [2.05, 4.69) is 24.5 Å². The lowest BCUT2D eigenvalue weighted by atomic mass is 9.97. The third-order valence-corrected chi connectivity index (χ3v) is 7.49. The van der Waals surface area contributed by atoms with E-state index >= 15 is 0 Å². The smallest absolute Gasteiger partial charge is 0.237 e. The summed E-state index contributed by atoms with van der Waals surface area (Å²) in [6.45, 7) is 4.11. The van der Waals surface area contributed by atoms with Gasteiger partial charge in [-0.2, -0.15) is 5.26 Å². The Bertz CT molecular complexity index is 1230. The van der Waals surface area contributed by atoms with Crippen LogP contribution in [0.4, 0.5) is 0 Å². The lowest BCUT2D eigenvalue weighted by Gasteiger charge is -2.26. The second-order valence-electron chi connectivity index (χ2n) is 8.59. The Balaban J connectivity index is 1.88. The maximum Gasteiger partial charge on any atom is 0.237 e. The Morgan fingerprint density at radius 2 is 1.65 bits per heavy atom. The number of benzene rings is 2. The zero-order valence-electron chi connectivity index (χ0n) is 19.5. The molecule has 2 N–H and O–H groups in total. The second kappa shape index (κ2) is 11.4. The molecule has 0 radical (unpaired) electrons. The first kappa shape index (κ1) is 25.6. The Morgan fingerprint density at radius 1 is 1.03 bits per heavy atom. The number of sulfone groups is 1. The topological polar surface area (TPSA) is 99.1 Å². The van der Waals surface area contributed by atoms with Crippen molar-refractivity contribution in [2.24, 2.45) is 5.92 Å². The summed E-state index contributed by atoms with van der Waals surface area (Å²) in [6, 6.07) is 20.3. The summed E-state index contributed by atoms with van der Waals surface area (Å²) in [7, 11) is -3.24. The zero-order chi connectivity index (χ0) is 24.7. The van der Waals surface area contributed by atoms with E-state index < -0.39 is 15.9 Å². The lowest BCUT2D eigenvalue weighted by Crippen LogP contribution is -2.46. The molecule has 0 aliphatic rings. The second-order valence-corrected chi connectivity index (χ2v) is 11.6. The number of thiophene rings is 1. The van der Waals surface area contributed by atoms with Crippen molar-refractivity contribution < 1.29 is 13.2 Å². The molecule has 6 nitrogen and oxygen atoms in total. The van der Waals surface area contributed by atoms with E-state index in [1.807, 2.05) is 47.8 Å². The number of hydrogen-bond acceptors (Lipinski definition) is 6. The monoisotopic (exact) mass is 495 g/mol. The Kier molecular flexibility index (Phi) is 8.61. The van der Waals surface area contributed by atoms with Crippen LogP contribution in [0.1, 0.15) is 36.8 Å². The molecule has 8 heteroatoms. The van der Waals surface area contributed by atoms with Crippen molar-refractivity contribution in [3.8, 4) is 17.2 Å². The molecule has 0 saturated heterocycles. The number of nitrogens with zero attached hydrogens (tertiary/aromatic N) is 1. The summed E-state index contributed by atoms with van der Waals surface area (Å²) in [6.07, 6.45) is 1.84. The molecular weight excluding hydrogens is 466 g/mol. The van der Waals surface area contributed by atoms with E-state index in [1.54, 1.807) is 35.6 Å². The number of amides is 1. The first-order chi connectivity index (χ1) is 16.2. The molecular formula is C26H29N3O3S2. The highest BCUT2D eigenvalue weighted by molar-refractivity contribution is 7.90. The Labute approximate surface area is 205 Å². The maximum atomic E-state index is 12.7. The van der Waals surface area contributed by atoms with E-state index in [1.165, 1.54) is 6.26 Å². The van der Waals surface area contributed by atoms with E-state index in [9.17, 15) is 13.2 Å². The summed E-state index contributed by atoms with van der Waals surface area (Å²) in [5, 5.41) is 17.1. The average Bonchev–Trinajstić information content (AvgIpc) is 3.34. The molecule has 3 aromatic rings. The van der Waals surface area contributed by atoms with Crippen LogP contribution in [0.25, 0.3) is 11.1 Å². The van der Waals surface area contributed by atoms with Gasteiger partial charge in [-0.3, -0.25) is 10.1 Å². The summed E-state index contributed by atoms with van der Waals surface area (Å²) in [4.78, 5) is 14.1. The Morgan fingerprint density at radius 3 is 2.15 bits per heavy atom. The van der Waals surface area contributed by atoms with Gasteiger partial charge in [0, 0.05) is 11.1 Å². The average molecular weight is 496 g/mol. The van der Waals surface area contributed by atoms with Gasteiger partial charge in [0.2, 0.25) is 5.91 Å². The minimum absolute atomic E-state index is 0.0222. The maximum absolute atomic E-state index is 12.7. The number of hydrogen-bond donors (Lipinski definition) is 2. The fraction of sp³-hybridized carbons (Fsp3) is 0.308. The molecule has 2 atom stereocenters. The molecule has 34 heavy (non-hydrogen) atoms. The summed E-state index contributed by atoms with van der Waals surface area (Å²) < 4.78 is 23.4. The van der Waals surface area contributed by atoms with Crippen molar-refractivity contribution in [1.29, 1.82) is 5.26 Å². The predicted octanol–water partition coefficient (Wildman–Crippen LogP) is 4.55. The van der Waals surface area contributed by atoms with Gasteiger partial charge in [0.1, 0.15) is 6.54 Å². The zero-order valence-corrected chi connectivity index (χ0v) is 21.1. The molecule has 0 saturated carbocycles. The van der Waals surface area contributed by atoms with Gasteiger partial charge in [-0.1, -0.05) is 56.3 Å². The largest absolute Gasteiger partial charge is 0.342 e. The van der Waals surface area contributed by atoms with Crippen molar-refractivity contribution >= 4 is 27.1 Å². The highest BCUT2D eigenvalue weighted by Crippen LogP contribution is 2.30. The number of nitrogens with one attached hydrogen (secondary N) is 2. The number of nitriles is 1. The molecule has 0 bridgehead atoms. The van der Waals surface area contributed by atoms with Crippen LogP contribution in [0.2, 0.25) is 0 Å². The van der Waals surface area contributed by atoms with Crippen LogP contribution in [0.3, 0.4) is 0 Å².